The third-order valence-corrected chi connectivity index (χ3v) is 3.97. The molecule has 0 spiro atoms. The van der Waals surface area contributed by atoms with Crippen molar-refractivity contribution >= 4 is 17.6 Å². The second kappa shape index (κ2) is 7.84. The molecule has 2 nitrogen and oxygen atoms in total. The van der Waals surface area contributed by atoms with Gasteiger partial charge in [0.1, 0.15) is 0 Å². The van der Waals surface area contributed by atoms with Crippen LogP contribution in [0.2, 0.25) is 5.02 Å². The molecular weight excluding hydrogens is 284 g/mol. The van der Waals surface area contributed by atoms with Crippen LogP contribution in [0.25, 0.3) is 0 Å². The molecule has 1 atom stereocenters. The van der Waals surface area contributed by atoms with Gasteiger partial charge in [-0.05, 0) is 36.5 Å². The Balaban J connectivity index is 1.90. The molecule has 0 amide bonds. The molecule has 0 aliphatic heterocycles. The number of hydrogen-bond acceptors (Lipinski definition) is 1. The predicted molar refractivity (Wildman–Crippen MR) is 85.8 cm³/mol. The quantitative estimate of drug-likeness (QED) is 0.737. The molecule has 1 unspecified atom stereocenters. The maximum Gasteiger partial charge on any atom is 0.311 e. The van der Waals surface area contributed by atoms with Gasteiger partial charge in [-0.25, -0.2) is 0 Å². The third-order valence-electron chi connectivity index (χ3n) is 3.63. The molecule has 0 saturated carbocycles. The largest absolute Gasteiger partial charge is 0.481 e. The Bertz CT molecular complexity index is 581. The zero-order chi connectivity index (χ0) is 15.1. The second-order valence-corrected chi connectivity index (χ2v) is 5.55. The first-order chi connectivity index (χ1) is 10.2. The minimum Gasteiger partial charge on any atom is -0.481 e. The van der Waals surface area contributed by atoms with Gasteiger partial charge in [0, 0.05) is 5.02 Å². The Labute approximate surface area is 130 Å². The number of aliphatic carboxylic acids is 1. The summed E-state index contributed by atoms with van der Waals surface area (Å²) in [7, 11) is 0. The first-order valence-corrected chi connectivity index (χ1v) is 7.57. The zero-order valence-corrected chi connectivity index (χ0v) is 12.6. The smallest absolute Gasteiger partial charge is 0.311 e. The topological polar surface area (TPSA) is 37.3 Å². The van der Waals surface area contributed by atoms with Crippen LogP contribution in [0.3, 0.4) is 0 Å². The van der Waals surface area contributed by atoms with E-state index >= 15 is 0 Å². The predicted octanol–water partition coefficient (Wildman–Crippen LogP) is 4.92. The molecule has 21 heavy (non-hydrogen) atoms. The number of carbonyl (C=O) groups is 1. The Kier molecular flexibility index (Phi) is 5.82. The minimum absolute atomic E-state index is 0.519. The third kappa shape index (κ3) is 4.61. The average molecular weight is 303 g/mol. The van der Waals surface area contributed by atoms with Crippen molar-refractivity contribution < 1.29 is 9.90 Å². The summed E-state index contributed by atoms with van der Waals surface area (Å²) in [5.74, 6) is -1.32. The Morgan fingerprint density at radius 2 is 1.67 bits per heavy atom. The van der Waals surface area contributed by atoms with Crippen LogP contribution in [-0.2, 0) is 11.2 Å². The van der Waals surface area contributed by atoms with Crippen molar-refractivity contribution in [3.8, 4) is 0 Å². The fourth-order valence-electron chi connectivity index (χ4n) is 2.49. The van der Waals surface area contributed by atoms with Gasteiger partial charge in [0.25, 0.3) is 0 Å². The van der Waals surface area contributed by atoms with Crippen LogP contribution in [0.4, 0.5) is 0 Å². The SMILES string of the molecule is O=C(O)C(CCCCc1ccccc1)c1ccccc1Cl. The van der Waals surface area contributed by atoms with E-state index in [4.69, 9.17) is 11.6 Å². The van der Waals surface area contributed by atoms with Crippen molar-refractivity contribution in [2.45, 2.75) is 31.6 Å². The van der Waals surface area contributed by atoms with Gasteiger partial charge < -0.3 is 5.11 Å². The molecule has 110 valence electrons. The van der Waals surface area contributed by atoms with Gasteiger partial charge in [0.2, 0.25) is 0 Å². The normalized spacial score (nSPS) is 12.0. The van der Waals surface area contributed by atoms with E-state index < -0.39 is 11.9 Å². The Hall–Kier alpha value is -1.80. The number of benzene rings is 2. The van der Waals surface area contributed by atoms with Crippen molar-refractivity contribution in [1.82, 2.24) is 0 Å². The van der Waals surface area contributed by atoms with Gasteiger partial charge in [0.05, 0.1) is 5.92 Å². The number of unbranched alkanes of at least 4 members (excludes halogenated alkanes) is 1. The molecule has 0 aromatic heterocycles. The first kappa shape index (κ1) is 15.6. The molecular formula is C18H19ClO2. The summed E-state index contributed by atoms with van der Waals surface area (Å²) in [5.41, 5.74) is 2.01. The molecule has 2 aromatic carbocycles. The maximum absolute atomic E-state index is 11.5. The Morgan fingerprint density at radius 1 is 1.00 bits per heavy atom. The van der Waals surface area contributed by atoms with Crippen LogP contribution in [0.5, 0.6) is 0 Å². The molecule has 2 aromatic rings. The van der Waals surface area contributed by atoms with E-state index in [1.807, 2.05) is 30.3 Å². The van der Waals surface area contributed by atoms with E-state index in [0.29, 0.717) is 17.0 Å². The highest BCUT2D eigenvalue weighted by atomic mass is 35.5. The Morgan fingerprint density at radius 3 is 2.33 bits per heavy atom. The van der Waals surface area contributed by atoms with E-state index in [0.717, 1.165) is 19.3 Å². The molecule has 2 rings (SSSR count). The summed E-state index contributed by atoms with van der Waals surface area (Å²) in [6, 6.07) is 17.5. The molecule has 0 fully saturated rings. The fourth-order valence-corrected chi connectivity index (χ4v) is 2.76. The molecule has 0 heterocycles. The van der Waals surface area contributed by atoms with Gasteiger partial charge in [-0.2, -0.15) is 0 Å². The second-order valence-electron chi connectivity index (χ2n) is 5.14. The highest BCUT2D eigenvalue weighted by Gasteiger charge is 2.21. The van der Waals surface area contributed by atoms with E-state index in [2.05, 4.69) is 12.1 Å². The molecule has 0 saturated heterocycles. The van der Waals surface area contributed by atoms with E-state index in [1.165, 1.54) is 5.56 Å². The van der Waals surface area contributed by atoms with Crippen LogP contribution in [0.15, 0.2) is 54.6 Å². The number of carboxylic acids is 1. The van der Waals surface area contributed by atoms with Crippen molar-refractivity contribution in [2.24, 2.45) is 0 Å². The summed E-state index contributed by atoms with van der Waals surface area (Å²) < 4.78 is 0. The van der Waals surface area contributed by atoms with Crippen molar-refractivity contribution in [3.63, 3.8) is 0 Å². The molecule has 0 aliphatic rings. The lowest BCUT2D eigenvalue weighted by atomic mass is 9.92. The number of halogens is 1. The highest BCUT2D eigenvalue weighted by Crippen LogP contribution is 2.29. The molecule has 0 bridgehead atoms. The van der Waals surface area contributed by atoms with E-state index in [1.54, 1.807) is 12.1 Å². The summed E-state index contributed by atoms with van der Waals surface area (Å²) in [6.45, 7) is 0. The fraction of sp³-hybridized carbons (Fsp3) is 0.278. The van der Waals surface area contributed by atoms with Gasteiger partial charge >= 0.3 is 5.97 Å². The number of hydrogen-bond donors (Lipinski definition) is 1. The lowest BCUT2D eigenvalue weighted by molar-refractivity contribution is -0.139. The molecule has 0 radical (unpaired) electrons. The van der Waals surface area contributed by atoms with Crippen LogP contribution in [0, 0.1) is 0 Å². The van der Waals surface area contributed by atoms with Gasteiger partial charge in [-0.1, -0.05) is 66.6 Å². The van der Waals surface area contributed by atoms with Crippen LogP contribution < -0.4 is 0 Å². The summed E-state index contributed by atoms with van der Waals surface area (Å²) in [4.78, 5) is 11.5. The van der Waals surface area contributed by atoms with Gasteiger partial charge in [-0.3, -0.25) is 4.79 Å². The highest BCUT2D eigenvalue weighted by molar-refractivity contribution is 6.31. The lowest BCUT2D eigenvalue weighted by Crippen LogP contribution is -2.12. The average Bonchev–Trinajstić information content (AvgIpc) is 2.49. The van der Waals surface area contributed by atoms with Crippen LogP contribution >= 0.6 is 11.6 Å². The maximum atomic E-state index is 11.5. The summed E-state index contributed by atoms with van der Waals surface area (Å²) in [5, 5.41) is 9.94. The lowest BCUT2D eigenvalue weighted by Gasteiger charge is -2.14. The number of carboxylic acid groups (broad SMARTS) is 1. The van der Waals surface area contributed by atoms with Crippen molar-refractivity contribution in [2.75, 3.05) is 0 Å². The zero-order valence-electron chi connectivity index (χ0n) is 11.8. The monoisotopic (exact) mass is 302 g/mol. The van der Waals surface area contributed by atoms with Gasteiger partial charge in [-0.15, -0.1) is 0 Å². The summed E-state index contributed by atoms with van der Waals surface area (Å²) in [6.07, 6.45) is 3.46. The molecule has 1 N–H and O–H groups in total. The van der Waals surface area contributed by atoms with Gasteiger partial charge in [0.15, 0.2) is 0 Å². The van der Waals surface area contributed by atoms with E-state index in [9.17, 15) is 9.90 Å². The summed E-state index contributed by atoms with van der Waals surface area (Å²) >= 11 is 6.11. The van der Waals surface area contributed by atoms with E-state index in [-0.39, 0.29) is 0 Å². The van der Waals surface area contributed by atoms with Crippen molar-refractivity contribution in [1.29, 1.82) is 0 Å². The van der Waals surface area contributed by atoms with Crippen molar-refractivity contribution in [3.05, 3.63) is 70.7 Å². The minimum atomic E-state index is -0.803. The first-order valence-electron chi connectivity index (χ1n) is 7.19. The standard InChI is InChI=1S/C18H19ClO2/c19-17-13-7-6-11-15(17)16(18(20)21)12-5-4-10-14-8-2-1-3-9-14/h1-3,6-9,11,13,16H,4-5,10,12H2,(H,20,21). The number of aryl methyl sites for hydroxylation is 1. The molecule has 0 aliphatic carbocycles. The molecule has 3 heteroatoms. The van der Waals surface area contributed by atoms with Crippen LogP contribution in [-0.4, -0.2) is 11.1 Å². The number of rotatable bonds is 7. The van der Waals surface area contributed by atoms with Crippen LogP contribution in [0.1, 0.15) is 36.3 Å².